The Morgan fingerprint density at radius 1 is 0.955 bits per heavy atom. The molecule has 3 atom stereocenters. The van der Waals surface area contributed by atoms with Crippen LogP contribution in [0, 0.1) is 0 Å². The summed E-state index contributed by atoms with van der Waals surface area (Å²) in [4.78, 5) is 84.7. The molecule has 1 unspecified atom stereocenters. The Morgan fingerprint density at radius 3 is 2.25 bits per heavy atom. The van der Waals surface area contributed by atoms with Gasteiger partial charge in [-0.25, -0.2) is 0 Å². The van der Waals surface area contributed by atoms with Crippen molar-refractivity contribution < 1.29 is 43.0 Å². The Kier molecular flexibility index (Phi) is 19.8. The van der Waals surface area contributed by atoms with Gasteiger partial charge in [0.2, 0.25) is 35.4 Å². The van der Waals surface area contributed by atoms with Gasteiger partial charge in [-0.3, -0.25) is 38.5 Å². The number of nitrogens with zero attached hydrogens (tertiary/aromatic N) is 1. The van der Waals surface area contributed by atoms with E-state index in [1.807, 2.05) is 7.05 Å². The van der Waals surface area contributed by atoms with Crippen molar-refractivity contribution in [2.75, 3.05) is 65.4 Å². The minimum absolute atomic E-state index is 0.0419. The van der Waals surface area contributed by atoms with E-state index in [9.17, 15) is 33.6 Å². The number of ether oxygens (including phenoxy) is 2. The van der Waals surface area contributed by atoms with Gasteiger partial charge in [-0.15, -0.1) is 11.8 Å². The van der Waals surface area contributed by atoms with E-state index in [-0.39, 0.29) is 56.2 Å². The number of ketones is 1. The molecule has 1 fully saturated rings. The summed E-state index contributed by atoms with van der Waals surface area (Å²) in [5.74, 6) is -3.02. The van der Waals surface area contributed by atoms with Crippen molar-refractivity contribution in [3.05, 3.63) is 0 Å². The molecule has 0 bridgehead atoms. The molecule has 250 valence electrons. The van der Waals surface area contributed by atoms with Crippen molar-refractivity contribution in [2.45, 2.75) is 62.8 Å². The second-order valence-electron chi connectivity index (χ2n) is 10.1. The Balaban J connectivity index is 2.19. The number of unbranched alkanes of at least 4 members (excludes halogenated alkanes) is 1. The number of Topliss-reactive ketones (excluding diaryl/α,β-unsaturated/α-hetero) is 1. The van der Waals surface area contributed by atoms with Gasteiger partial charge in [0, 0.05) is 44.6 Å². The van der Waals surface area contributed by atoms with Gasteiger partial charge in [0.25, 0.3) is 0 Å². The van der Waals surface area contributed by atoms with Gasteiger partial charge in [-0.2, -0.15) is 0 Å². The first-order chi connectivity index (χ1) is 21.0. The number of likely N-dealkylation sites (tertiary alicyclic amines) is 1. The fourth-order valence-electron chi connectivity index (χ4n) is 3.91. The van der Waals surface area contributed by atoms with Gasteiger partial charge in [0.05, 0.1) is 44.3 Å². The van der Waals surface area contributed by atoms with Crippen LogP contribution in [0.5, 0.6) is 0 Å². The first-order valence-electron chi connectivity index (χ1n) is 14.6. The number of hydrogen-bond acceptors (Lipinski definition) is 12. The fraction of sp³-hybridized carbons (Fsp3) is 0.741. The highest BCUT2D eigenvalue weighted by Crippen LogP contribution is 2.25. The summed E-state index contributed by atoms with van der Waals surface area (Å²) in [6, 6.07) is -1.84. The van der Waals surface area contributed by atoms with E-state index in [0.717, 1.165) is 23.2 Å². The molecule has 1 saturated heterocycles. The van der Waals surface area contributed by atoms with E-state index in [1.54, 1.807) is 0 Å². The summed E-state index contributed by atoms with van der Waals surface area (Å²) in [6.07, 6.45) is 0.973. The molecule has 0 saturated carbocycles. The molecule has 0 aromatic rings. The molecular formula is C27H47N7O9S. The number of primary amides is 1. The van der Waals surface area contributed by atoms with Crippen LogP contribution in [0.4, 0.5) is 0 Å². The summed E-state index contributed by atoms with van der Waals surface area (Å²) in [6.45, 7) is 4.11. The van der Waals surface area contributed by atoms with E-state index in [0.29, 0.717) is 45.8 Å². The lowest BCUT2D eigenvalue weighted by atomic mass is 10.1. The Bertz CT molecular complexity index is 985. The van der Waals surface area contributed by atoms with E-state index in [1.165, 1.54) is 6.92 Å². The van der Waals surface area contributed by atoms with Gasteiger partial charge in [0.1, 0.15) is 11.8 Å². The maximum atomic E-state index is 12.3. The minimum Gasteiger partial charge on any atom is -0.378 e. The lowest BCUT2D eigenvalue weighted by molar-refractivity contribution is -0.141. The highest BCUT2D eigenvalue weighted by atomic mass is 32.2. The topological polar surface area (TPSA) is 241 Å². The van der Waals surface area contributed by atoms with Crippen LogP contribution in [0.1, 0.15) is 45.4 Å². The van der Waals surface area contributed by atoms with Crippen molar-refractivity contribution in [1.82, 2.24) is 26.2 Å². The maximum Gasteiger partial charge on any atom is 0.243 e. The number of hydrogen-bond donors (Lipinski definition) is 6. The van der Waals surface area contributed by atoms with Crippen LogP contribution in [0.25, 0.3) is 0 Å². The maximum absolute atomic E-state index is 12.3. The molecule has 8 N–H and O–H groups in total. The summed E-state index contributed by atoms with van der Waals surface area (Å²) < 4.78 is 10.7. The zero-order chi connectivity index (χ0) is 32.9. The van der Waals surface area contributed by atoms with Gasteiger partial charge in [-0.05, 0) is 33.2 Å². The second-order valence-corrected chi connectivity index (χ2v) is 11.4. The van der Waals surface area contributed by atoms with Crippen LogP contribution in [0.15, 0.2) is 0 Å². The number of likely N-dealkylation sites (N-methyl/N-ethyl adjacent to an activating group) is 1. The highest BCUT2D eigenvalue weighted by molar-refractivity contribution is 8.00. The Hall–Kier alpha value is -3.12. The molecule has 1 heterocycles. The Labute approximate surface area is 261 Å². The summed E-state index contributed by atoms with van der Waals surface area (Å²) >= 11 is 1.10. The molecule has 17 heteroatoms. The largest absolute Gasteiger partial charge is 0.378 e. The number of rotatable bonds is 25. The lowest BCUT2D eigenvalue weighted by Crippen LogP contribution is -2.45. The number of thioether (sulfide) groups is 1. The monoisotopic (exact) mass is 645 g/mol. The molecule has 6 amide bonds. The average molecular weight is 646 g/mol. The molecule has 1 aliphatic rings. The predicted octanol–water partition coefficient (Wildman–Crippen LogP) is -2.83. The van der Waals surface area contributed by atoms with Crippen LogP contribution >= 0.6 is 11.8 Å². The van der Waals surface area contributed by atoms with Gasteiger partial charge in [0.15, 0.2) is 0 Å². The molecule has 1 aliphatic heterocycles. The average Bonchev–Trinajstić information content (AvgIpc) is 3.23. The lowest BCUT2D eigenvalue weighted by Gasteiger charge is -2.16. The third kappa shape index (κ3) is 16.7. The second kappa shape index (κ2) is 22.4. The van der Waals surface area contributed by atoms with Crippen LogP contribution in [0.3, 0.4) is 0 Å². The molecular weight excluding hydrogens is 598 g/mol. The zero-order valence-electron chi connectivity index (χ0n) is 25.5. The SMILES string of the molecule is CNCCOCCOCCNC(=O)CCC(=O)N[C@@H](CCCCNC(=O)[C@H](N)CSC1CC(=O)N(CC(C)=O)C1=O)C(N)=O. The first kappa shape index (κ1) is 38.9. The van der Waals surface area contributed by atoms with Crippen LogP contribution < -0.4 is 32.7 Å². The van der Waals surface area contributed by atoms with Crippen molar-refractivity contribution in [3.8, 4) is 0 Å². The Morgan fingerprint density at radius 2 is 1.61 bits per heavy atom. The van der Waals surface area contributed by atoms with Crippen molar-refractivity contribution in [2.24, 2.45) is 11.5 Å². The number of imide groups is 1. The third-order valence-electron chi connectivity index (χ3n) is 6.31. The van der Waals surface area contributed by atoms with E-state index >= 15 is 0 Å². The molecule has 1 rings (SSSR count). The molecule has 0 spiro atoms. The van der Waals surface area contributed by atoms with E-state index in [2.05, 4.69) is 21.3 Å². The number of carbonyl (C=O) groups excluding carboxylic acids is 7. The molecule has 0 radical (unpaired) electrons. The minimum atomic E-state index is -0.919. The number of amides is 6. The highest BCUT2D eigenvalue weighted by Gasteiger charge is 2.39. The van der Waals surface area contributed by atoms with Gasteiger partial charge >= 0.3 is 0 Å². The number of nitrogens with two attached hydrogens (primary N) is 2. The summed E-state index contributed by atoms with van der Waals surface area (Å²) in [7, 11) is 1.83. The van der Waals surface area contributed by atoms with Crippen molar-refractivity contribution in [1.29, 1.82) is 0 Å². The molecule has 0 aromatic heterocycles. The smallest absolute Gasteiger partial charge is 0.243 e. The molecule has 44 heavy (non-hydrogen) atoms. The van der Waals surface area contributed by atoms with Crippen LogP contribution in [0.2, 0.25) is 0 Å². The predicted molar refractivity (Wildman–Crippen MR) is 162 cm³/mol. The zero-order valence-corrected chi connectivity index (χ0v) is 26.3. The van der Waals surface area contributed by atoms with Gasteiger partial charge in [-0.1, -0.05) is 0 Å². The van der Waals surface area contributed by atoms with Crippen LogP contribution in [-0.2, 0) is 43.0 Å². The normalized spacial score (nSPS) is 16.0. The fourth-order valence-corrected chi connectivity index (χ4v) is 5.03. The summed E-state index contributed by atoms with van der Waals surface area (Å²) in [5, 5.41) is 10.1. The number of nitrogens with one attached hydrogen (secondary N) is 4. The quantitative estimate of drug-likeness (QED) is 0.0435. The van der Waals surface area contributed by atoms with E-state index in [4.69, 9.17) is 20.9 Å². The van der Waals surface area contributed by atoms with Crippen molar-refractivity contribution >= 4 is 53.0 Å². The van der Waals surface area contributed by atoms with Crippen molar-refractivity contribution in [3.63, 3.8) is 0 Å². The molecule has 0 aromatic carbocycles. The number of carbonyl (C=O) groups is 7. The summed E-state index contributed by atoms with van der Waals surface area (Å²) in [5.41, 5.74) is 11.3. The van der Waals surface area contributed by atoms with E-state index < -0.39 is 46.9 Å². The molecule has 0 aliphatic carbocycles. The third-order valence-corrected chi connectivity index (χ3v) is 7.63. The van der Waals surface area contributed by atoms with Gasteiger partial charge < -0.3 is 42.2 Å². The first-order valence-corrected chi connectivity index (χ1v) is 15.6. The van der Waals surface area contributed by atoms with Crippen LogP contribution in [-0.4, -0.2) is 129 Å². The standard InChI is InChI=1S/C27H47N7O9S/c1-18(35)16-34-24(38)15-21(27(34)41)44-17-19(28)26(40)32-8-4-3-5-20(25(29)39)33-23(37)7-6-22(36)31-10-12-43-14-13-42-11-9-30-2/h19-21,30H,3-17,28H2,1-2H3,(H2,29,39)(H,31,36)(H,32,40)(H,33,37)/t19-,20+,21?/m1/s1. The molecule has 16 nitrogen and oxygen atoms in total.